The Balaban J connectivity index is 1.67. The number of aromatic amines is 2. The molecule has 10 heteroatoms. The lowest BCUT2D eigenvalue weighted by Crippen LogP contribution is -2.19. The van der Waals surface area contributed by atoms with Crippen molar-refractivity contribution < 1.29 is 5.11 Å². The summed E-state index contributed by atoms with van der Waals surface area (Å²) < 4.78 is 1.65. The van der Waals surface area contributed by atoms with Gasteiger partial charge in [-0.1, -0.05) is 17.7 Å². The number of H-pyrrole nitrogens is 2. The van der Waals surface area contributed by atoms with Crippen molar-refractivity contribution in [1.29, 1.82) is 0 Å². The lowest BCUT2D eigenvalue weighted by Gasteiger charge is -2.08. The van der Waals surface area contributed by atoms with Gasteiger partial charge in [0.2, 0.25) is 5.88 Å². The molecule has 4 aromatic rings. The van der Waals surface area contributed by atoms with Crippen LogP contribution >= 0.6 is 11.6 Å². The molecule has 1 fully saturated rings. The first-order valence-electron chi connectivity index (χ1n) is 9.45. The van der Waals surface area contributed by atoms with E-state index in [-0.39, 0.29) is 11.6 Å². The summed E-state index contributed by atoms with van der Waals surface area (Å²) >= 11 is 6.24. The van der Waals surface area contributed by atoms with Crippen molar-refractivity contribution in [2.75, 3.05) is 5.32 Å². The fourth-order valence-corrected chi connectivity index (χ4v) is 3.26. The molecule has 1 aliphatic rings. The summed E-state index contributed by atoms with van der Waals surface area (Å²) in [7, 11) is 0. The first-order valence-corrected chi connectivity index (χ1v) is 9.83. The first-order chi connectivity index (χ1) is 14.5. The lowest BCUT2D eigenvalue weighted by atomic mass is 10.2. The maximum absolute atomic E-state index is 11.4. The molecule has 0 bridgehead atoms. The van der Waals surface area contributed by atoms with Gasteiger partial charge in [0, 0.05) is 22.0 Å². The highest BCUT2D eigenvalue weighted by atomic mass is 35.5. The highest BCUT2D eigenvalue weighted by Crippen LogP contribution is 2.24. The van der Waals surface area contributed by atoms with Gasteiger partial charge in [0.25, 0.3) is 0 Å². The molecule has 30 heavy (non-hydrogen) atoms. The van der Waals surface area contributed by atoms with Crippen molar-refractivity contribution in [3.8, 4) is 5.88 Å². The van der Waals surface area contributed by atoms with Gasteiger partial charge in [0.15, 0.2) is 11.1 Å². The molecule has 1 saturated carbocycles. The molecule has 1 aromatic carbocycles. The van der Waals surface area contributed by atoms with Gasteiger partial charge in [0.1, 0.15) is 11.5 Å². The average Bonchev–Trinajstić information content (AvgIpc) is 3.34. The Bertz CT molecular complexity index is 1450. The van der Waals surface area contributed by atoms with E-state index in [2.05, 4.69) is 25.4 Å². The second-order valence-corrected chi connectivity index (χ2v) is 7.68. The maximum atomic E-state index is 11.4. The van der Waals surface area contributed by atoms with Crippen LogP contribution in [0, 0.1) is 6.92 Å². The highest BCUT2D eigenvalue weighted by molar-refractivity contribution is 6.31. The smallest absolute Gasteiger partial charge is 0.326 e. The third-order valence-electron chi connectivity index (χ3n) is 4.82. The quantitative estimate of drug-likeness (QED) is 0.398. The number of nitrogens with one attached hydrogen (secondary N) is 3. The SMILES string of the molecule is Cc1ccc(Nc2cc(=NC3CC3)n3ncc(=Cc4[nH]c(=O)[nH]c4O)c3n2)cc1Cl. The number of anilines is 2. The van der Waals surface area contributed by atoms with E-state index >= 15 is 0 Å². The number of aromatic hydroxyl groups is 1. The minimum absolute atomic E-state index is 0.245. The summed E-state index contributed by atoms with van der Waals surface area (Å²) in [6, 6.07) is 7.83. The average molecular weight is 424 g/mol. The number of aryl methyl sites for hydroxylation is 1. The van der Waals surface area contributed by atoms with Crippen LogP contribution in [0.25, 0.3) is 11.7 Å². The molecule has 3 aromatic heterocycles. The number of aromatic nitrogens is 5. The van der Waals surface area contributed by atoms with Crippen LogP contribution in [-0.4, -0.2) is 35.7 Å². The number of benzene rings is 1. The number of rotatable bonds is 4. The normalized spacial score (nSPS) is 15.3. The van der Waals surface area contributed by atoms with E-state index in [1.54, 1.807) is 16.8 Å². The number of nitrogens with zero attached hydrogens (tertiary/aromatic N) is 4. The van der Waals surface area contributed by atoms with Gasteiger partial charge in [-0.05, 0) is 43.5 Å². The van der Waals surface area contributed by atoms with E-state index in [0.29, 0.717) is 33.2 Å². The molecule has 0 unspecified atom stereocenters. The zero-order valence-corrected chi connectivity index (χ0v) is 16.7. The first kappa shape index (κ1) is 18.4. The Hall–Kier alpha value is -3.59. The second kappa shape index (κ2) is 7.03. The van der Waals surface area contributed by atoms with Gasteiger partial charge in [-0.25, -0.2) is 9.78 Å². The number of fused-ring (bicyclic) bond motifs is 1. The Morgan fingerprint density at radius 3 is 2.87 bits per heavy atom. The molecule has 152 valence electrons. The number of hydrogen-bond donors (Lipinski definition) is 4. The minimum atomic E-state index is -0.494. The number of imidazole rings is 1. The van der Waals surface area contributed by atoms with Crippen LogP contribution in [0.4, 0.5) is 11.5 Å². The predicted octanol–water partition coefficient (Wildman–Crippen LogP) is 1.77. The van der Waals surface area contributed by atoms with E-state index in [9.17, 15) is 9.90 Å². The van der Waals surface area contributed by atoms with Crippen molar-refractivity contribution in [3.63, 3.8) is 0 Å². The van der Waals surface area contributed by atoms with E-state index in [0.717, 1.165) is 24.1 Å². The molecular formula is C20H18ClN7O2. The van der Waals surface area contributed by atoms with Gasteiger partial charge in [-0.15, -0.1) is 0 Å². The van der Waals surface area contributed by atoms with Crippen LogP contribution in [0.15, 0.2) is 40.2 Å². The topological polar surface area (TPSA) is 123 Å². The lowest BCUT2D eigenvalue weighted by molar-refractivity contribution is 0.454. The summed E-state index contributed by atoms with van der Waals surface area (Å²) in [6.45, 7) is 1.94. The van der Waals surface area contributed by atoms with Crippen molar-refractivity contribution in [3.05, 3.63) is 67.9 Å². The van der Waals surface area contributed by atoms with E-state index in [1.165, 1.54) is 0 Å². The molecule has 4 N–H and O–H groups in total. The third-order valence-corrected chi connectivity index (χ3v) is 5.23. The van der Waals surface area contributed by atoms with Gasteiger partial charge >= 0.3 is 5.69 Å². The van der Waals surface area contributed by atoms with Crippen LogP contribution in [0.2, 0.25) is 5.02 Å². The molecule has 0 radical (unpaired) electrons. The van der Waals surface area contributed by atoms with E-state index in [1.807, 2.05) is 31.2 Å². The fraction of sp³-hybridized carbons (Fsp3) is 0.200. The molecule has 9 nitrogen and oxygen atoms in total. The molecule has 0 spiro atoms. The molecule has 0 amide bonds. The summed E-state index contributed by atoms with van der Waals surface area (Å²) in [5.41, 5.74) is 2.77. The van der Waals surface area contributed by atoms with Crippen LogP contribution in [-0.2, 0) is 0 Å². The second-order valence-electron chi connectivity index (χ2n) is 7.27. The molecule has 3 heterocycles. The molecule has 0 aliphatic heterocycles. The summed E-state index contributed by atoms with van der Waals surface area (Å²) in [5.74, 6) is 0.342. The minimum Gasteiger partial charge on any atom is -0.493 e. The van der Waals surface area contributed by atoms with Crippen molar-refractivity contribution >= 4 is 34.8 Å². The van der Waals surface area contributed by atoms with Crippen molar-refractivity contribution in [2.24, 2.45) is 4.99 Å². The van der Waals surface area contributed by atoms with Gasteiger partial charge in [0.05, 0.1) is 12.2 Å². The fourth-order valence-electron chi connectivity index (χ4n) is 3.08. The number of hydrogen-bond acceptors (Lipinski definition) is 6. The Morgan fingerprint density at radius 1 is 1.33 bits per heavy atom. The van der Waals surface area contributed by atoms with Gasteiger partial charge in [-0.3, -0.25) is 9.98 Å². The third kappa shape index (κ3) is 3.55. The maximum Gasteiger partial charge on any atom is 0.326 e. The van der Waals surface area contributed by atoms with Crippen molar-refractivity contribution in [2.45, 2.75) is 25.8 Å². The van der Waals surface area contributed by atoms with Crippen molar-refractivity contribution in [1.82, 2.24) is 24.6 Å². The van der Waals surface area contributed by atoms with Crippen LogP contribution < -0.4 is 21.7 Å². The Labute approximate surface area is 174 Å². The van der Waals surface area contributed by atoms with E-state index < -0.39 is 5.69 Å². The Morgan fingerprint density at radius 2 is 2.17 bits per heavy atom. The summed E-state index contributed by atoms with van der Waals surface area (Å²) in [6.07, 6.45) is 5.33. The molecule has 0 atom stereocenters. The monoisotopic (exact) mass is 423 g/mol. The molecule has 5 rings (SSSR count). The molecule has 0 saturated heterocycles. The molecular weight excluding hydrogens is 406 g/mol. The zero-order chi connectivity index (χ0) is 20.8. The zero-order valence-electron chi connectivity index (χ0n) is 16.0. The summed E-state index contributed by atoms with van der Waals surface area (Å²) in [5, 5.41) is 18.8. The van der Waals surface area contributed by atoms with Crippen LogP contribution in [0.3, 0.4) is 0 Å². The number of halogens is 1. The Kier molecular flexibility index (Phi) is 4.32. The standard InChI is InChI=1S/C20H18ClN7O2/c1-10-2-3-13(7-14(10)21)23-16-8-17(24-12-4-5-12)28-18(26-16)11(9-22-28)6-15-19(29)27-20(30)25-15/h2-3,6-9,12,23,29H,4-5H2,1H3,(H2,25,27,30). The van der Waals surface area contributed by atoms with Crippen LogP contribution in [0.1, 0.15) is 24.1 Å². The van der Waals surface area contributed by atoms with E-state index in [4.69, 9.17) is 16.6 Å². The molecule has 1 aliphatic carbocycles. The highest BCUT2D eigenvalue weighted by Gasteiger charge is 2.20. The summed E-state index contributed by atoms with van der Waals surface area (Å²) in [4.78, 5) is 25.7. The predicted molar refractivity (Wildman–Crippen MR) is 113 cm³/mol. The van der Waals surface area contributed by atoms with Gasteiger partial charge in [-0.2, -0.15) is 9.61 Å². The van der Waals surface area contributed by atoms with Crippen LogP contribution in [0.5, 0.6) is 5.88 Å². The largest absolute Gasteiger partial charge is 0.493 e. The van der Waals surface area contributed by atoms with Gasteiger partial charge < -0.3 is 15.4 Å².